The highest BCUT2D eigenvalue weighted by Gasteiger charge is 2.46. The predicted molar refractivity (Wildman–Crippen MR) is 107 cm³/mol. The van der Waals surface area contributed by atoms with Crippen molar-refractivity contribution in [2.45, 2.75) is 70.3 Å². The van der Waals surface area contributed by atoms with Crippen molar-refractivity contribution in [1.29, 1.82) is 0 Å². The lowest BCUT2D eigenvalue weighted by atomic mass is 9.61. The Morgan fingerprint density at radius 2 is 1.93 bits per heavy atom. The van der Waals surface area contributed by atoms with Crippen LogP contribution < -0.4 is 0 Å². The normalized spacial score (nSPS) is 23.4. The molecule has 1 heterocycles. The van der Waals surface area contributed by atoms with Crippen molar-refractivity contribution in [2.75, 3.05) is 19.6 Å². The van der Waals surface area contributed by atoms with Crippen LogP contribution in [-0.4, -0.2) is 46.8 Å². The second-order valence-electron chi connectivity index (χ2n) is 8.98. The predicted octanol–water partition coefficient (Wildman–Crippen LogP) is 3.79. The molecule has 0 radical (unpaired) electrons. The Labute approximate surface area is 163 Å². The summed E-state index contributed by atoms with van der Waals surface area (Å²) in [5.41, 5.74) is 1.51. The molecule has 1 amide bonds. The van der Waals surface area contributed by atoms with Gasteiger partial charge in [-0.2, -0.15) is 0 Å². The van der Waals surface area contributed by atoms with E-state index in [4.69, 9.17) is 0 Å². The first-order chi connectivity index (χ1) is 13.2. The molecule has 3 fully saturated rings. The first-order valence-corrected chi connectivity index (χ1v) is 10.9. The number of nitrogens with zero attached hydrogens (tertiary/aromatic N) is 2. The molecule has 27 heavy (non-hydrogen) atoms. The van der Waals surface area contributed by atoms with Gasteiger partial charge in [0.2, 0.25) is 5.91 Å². The molecule has 4 rings (SSSR count). The molecule has 148 valence electrons. The molecular weight excluding hydrogens is 336 g/mol. The average molecular weight is 371 g/mol. The average Bonchev–Trinajstić information content (AvgIpc) is 3.40. The van der Waals surface area contributed by atoms with Crippen LogP contribution in [0.25, 0.3) is 0 Å². The van der Waals surface area contributed by atoms with Gasteiger partial charge < -0.3 is 5.11 Å². The van der Waals surface area contributed by atoms with Gasteiger partial charge in [-0.3, -0.25) is 9.80 Å². The van der Waals surface area contributed by atoms with Crippen molar-refractivity contribution in [2.24, 2.45) is 11.3 Å². The Morgan fingerprint density at radius 1 is 1.15 bits per heavy atom. The smallest absolute Gasteiger partial charge is 0.238 e. The van der Waals surface area contributed by atoms with E-state index in [1.54, 1.807) is 0 Å². The summed E-state index contributed by atoms with van der Waals surface area (Å²) in [5, 5.41) is 15.0. The highest BCUT2D eigenvalue weighted by Crippen LogP contribution is 2.53. The number of hydrazine groups is 1. The van der Waals surface area contributed by atoms with Crippen molar-refractivity contribution in [3.8, 4) is 0 Å². The zero-order chi connectivity index (χ0) is 18.7. The maximum Gasteiger partial charge on any atom is 0.238 e. The van der Waals surface area contributed by atoms with E-state index >= 15 is 0 Å². The van der Waals surface area contributed by atoms with Crippen LogP contribution in [0.15, 0.2) is 30.3 Å². The molecule has 1 aromatic carbocycles. The van der Waals surface area contributed by atoms with E-state index in [-0.39, 0.29) is 17.4 Å². The summed E-state index contributed by atoms with van der Waals surface area (Å²) in [6, 6.07) is 10.4. The van der Waals surface area contributed by atoms with Crippen LogP contribution >= 0.6 is 0 Å². The van der Waals surface area contributed by atoms with Gasteiger partial charge >= 0.3 is 0 Å². The molecular formula is C23H34N2O2. The van der Waals surface area contributed by atoms with Crippen LogP contribution in [0.5, 0.6) is 0 Å². The molecule has 1 N–H and O–H groups in total. The van der Waals surface area contributed by atoms with E-state index in [2.05, 4.69) is 29.3 Å². The zero-order valence-electron chi connectivity index (χ0n) is 16.5. The number of aliphatic hydroxyl groups excluding tert-OH is 1. The number of aliphatic hydroxyl groups is 1. The lowest BCUT2D eigenvalue weighted by Crippen LogP contribution is -2.43. The first-order valence-electron chi connectivity index (χ1n) is 10.9. The van der Waals surface area contributed by atoms with E-state index in [9.17, 15) is 9.90 Å². The molecule has 1 atom stereocenters. The van der Waals surface area contributed by atoms with Crippen LogP contribution in [0.1, 0.15) is 63.4 Å². The molecule has 1 saturated heterocycles. The number of rotatable bonds is 10. The van der Waals surface area contributed by atoms with Crippen molar-refractivity contribution in [3.05, 3.63) is 35.9 Å². The van der Waals surface area contributed by atoms with Crippen molar-refractivity contribution < 1.29 is 9.90 Å². The van der Waals surface area contributed by atoms with E-state index in [0.29, 0.717) is 6.42 Å². The van der Waals surface area contributed by atoms with Crippen LogP contribution in [0.2, 0.25) is 0 Å². The van der Waals surface area contributed by atoms with Gasteiger partial charge in [0.15, 0.2) is 0 Å². The maximum atomic E-state index is 12.3. The molecule has 0 bridgehead atoms. The monoisotopic (exact) mass is 370 g/mol. The Kier molecular flexibility index (Phi) is 5.84. The number of hydrogen-bond donors (Lipinski definition) is 1. The number of carbonyl (C=O) groups is 1. The van der Waals surface area contributed by atoms with Crippen LogP contribution in [0, 0.1) is 11.3 Å². The summed E-state index contributed by atoms with van der Waals surface area (Å²) >= 11 is 0. The summed E-state index contributed by atoms with van der Waals surface area (Å²) in [6.07, 6.45) is 11.0. The van der Waals surface area contributed by atoms with Crippen molar-refractivity contribution in [3.63, 3.8) is 0 Å². The van der Waals surface area contributed by atoms with Gasteiger partial charge in [-0.1, -0.05) is 49.6 Å². The minimum atomic E-state index is -0.150. The Bertz CT molecular complexity index is 625. The fourth-order valence-corrected chi connectivity index (χ4v) is 4.99. The SMILES string of the molecule is O=C1CCN(CCCC(O)C2(CC3CC3)CCC2)N1CCc1ccccc1. The molecule has 2 aliphatic carbocycles. The lowest BCUT2D eigenvalue weighted by molar-refractivity contribution is -0.138. The molecule has 1 aliphatic heterocycles. The number of benzene rings is 1. The molecule has 4 heteroatoms. The van der Waals surface area contributed by atoms with E-state index in [0.717, 1.165) is 44.8 Å². The summed E-state index contributed by atoms with van der Waals surface area (Å²) in [5.74, 6) is 1.14. The van der Waals surface area contributed by atoms with Crippen LogP contribution in [0.3, 0.4) is 0 Å². The highest BCUT2D eigenvalue weighted by atomic mass is 16.3. The Morgan fingerprint density at radius 3 is 2.59 bits per heavy atom. The number of hydrogen-bond acceptors (Lipinski definition) is 3. The lowest BCUT2D eigenvalue weighted by Gasteiger charge is -2.46. The minimum absolute atomic E-state index is 0.150. The molecule has 1 aromatic rings. The second kappa shape index (κ2) is 8.32. The third-order valence-electron chi connectivity index (χ3n) is 7.01. The van der Waals surface area contributed by atoms with Gasteiger partial charge in [0.05, 0.1) is 6.10 Å². The molecule has 3 aliphatic rings. The summed E-state index contributed by atoms with van der Waals surface area (Å²) in [6.45, 7) is 2.48. The molecule has 1 unspecified atom stereocenters. The number of amides is 1. The fraction of sp³-hybridized carbons (Fsp3) is 0.696. The maximum absolute atomic E-state index is 12.3. The summed E-state index contributed by atoms with van der Waals surface area (Å²) < 4.78 is 0. The van der Waals surface area contributed by atoms with Gasteiger partial charge in [0.25, 0.3) is 0 Å². The largest absolute Gasteiger partial charge is 0.393 e. The molecule has 0 spiro atoms. The van der Waals surface area contributed by atoms with E-state index in [1.165, 1.54) is 44.1 Å². The zero-order valence-corrected chi connectivity index (χ0v) is 16.5. The molecule has 2 saturated carbocycles. The topological polar surface area (TPSA) is 43.8 Å². The van der Waals surface area contributed by atoms with Crippen LogP contribution in [-0.2, 0) is 11.2 Å². The quantitative estimate of drug-likeness (QED) is 0.681. The molecule has 0 aromatic heterocycles. The van der Waals surface area contributed by atoms with Gasteiger partial charge in [0, 0.05) is 26.1 Å². The Hall–Kier alpha value is -1.39. The number of carbonyl (C=O) groups excluding carboxylic acids is 1. The van der Waals surface area contributed by atoms with Gasteiger partial charge in [0.1, 0.15) is 0 Å². The van der Waals surface area contributed by atoms with E-state index < -0.39 is 0 Å². The Balaban J connectivity index is 1.23. The first kappa shape index (κ1) is 18.9. The third-order valence-corrected chi connectivity index (χ3v) is 7.01. The van der Waals surface area contributed by atoms with Gasteiger partial charge in [-0.15, -0.1) is 0 Å². The third kappa shape index (κ3) is 4.55. The highest BCUT2D eigenvalue weighted by molar-refractivity contribution is 5.77. The van der Waals surface area contributed by atoms with Crippen LogP contribution in [0.4, 0.5) is 0 Å². The second-order valence-corrected chi connectivity index (χ2v) is 8.98. The molecule has 4 nitrogen and oxygen atoms in total. The van der Waals surface area contributed by atoms with E-state index in [1.807, 2.05) is 11.1 Å². The van der Waals surface area contributed by atoms with Gasteiger partial charge in [-0.05, 0) is 55.4 Å². The summed E-state index contributed by atoms with van der Waals surface area (Å²) in [4.78, 5) is 12.3. The van der Waals surface area contributed by atoms with Gasteiger partial charge in [-0.25, -0.2) is 5.01 Å². The van der Waals surface area contributed by atoms with Crippen molar-refractivity contribution in [1.82, 2.24) is 10.0 Å². The standard InChI is InChI=1S/C23H34N2O2/c26-21(23(13-5-14-23)18-20-9-10-20)8-4-15-24-16-12-22(27)25(24)17-11-19-6-2-1-3-7-19/h1-3,6-7,20-21,26H,4-5,8-18H2. The minimum Gasteiger partial charge on any atom is -0.393 e. The summed E-state index contributed by atoms with van der Waals surface area (Å²) in [7, 11) is 0. The fourth-order valence-electron chi connectivity index (χ4n) is 4.99. The van der Waals surface area contributed by atoms with Crippen molar-refractivity contribution >= 4 is 5.91 Å².